The molecule has 0 amide bonds. The van der Waals surface area contributed by atoms with Crippen LogP contribution in [0.2, 0.25) is 5.15 Å². The van der Waals surface area contributed by atoms with Crippen molar-refractivity contribution in [2.45, 2.75) is 37.8 Å². The molecule has 0 saturated carbocycles. The van der Waals surface area contributed by atoms with Gasteiger partial charge in [-0.25, -0.2) is 0 Å². The zero-order valence-electron chi connectivity index (χ0n) is 12.6. The molecular weight excluding hydrogens is 304 g/mol. The molecule has 2 aliphatic heterocycles. The smallest absolute Gasteiger partial charge is 0.258 e. The molecule has 0 radical (unpaired) electrons. The Labute approximate surface area is 135 Å². The number of anilines is 1. The molecule has 22 heavy (non-hydrogen) atoms. The van der Waals surface area contributed by atoms with Gasteiger partial charge < -0.3 is 25.8 Å². The van der Waals surface area contributed by atoms with Crippen LogP contribution in [0, 0.1) is 0 Å². The number of halogens is 1. The van der Waals surface area contributed by atoms with Crippen molar-refractivity contribution in [3.63, 3.8) is 0 Å². The fourth-order valence-electron chi connectivity index (χ4n) is 2.85. The van der Waals surface area contributed by atoms with E-state index in [-0.39, 0.29) is 5.15 Å². The van der Waals surface area contributed by atoms with Crippen molar-refractivity contribution in [3.8, 4) is 11.6 Å². The van der Waals surface area contributed by atoms with E-state index in [2.05, 4.69) is 15.6 Å². The van der Waals surface area contributed by atoms with Crippen molar-refractivity contribution in [1.29, 1.82) is 0 Å². The molecule has 0 spiro atoms. The van der Waals surface area contributed by atoms with Crippen LogP contribution in [0.1, 0.15) is 25.7 Å². The maximum atomic E-state index is 6.01. The lowest BCUT2D eigenvalue weighted by molar-refractivity contribution is 0.228. The molecule has 1 aromatic rings. The molecule has 2 atom stereocenters. The maximum absolute atomic E-state index is 6.01. The van der Waals surface area contributed by atoms with Crippen LogP contribution in [0.15, 0.2) is 6.07 Å². The lowest BCUT2D eigenvalue weighted by atomic mass is 10.2. The first-order valence-electron chi connectivity index (χ1n) is 7.91. The minimum absolute atomic E-state index is 0.251. The van der Waals surface area contributed by atoms with E-state index in [1.165, 1.54) is 12.8 Å². The Morgan fingerprint density at radius 1 is 1.14 bits per heavy atom. The maximum Gasteiger partial charge on any atom is 0.258 e. The van der Waals surface area contributed by atoms with Gasteiger partial charge in [0.1, 0.15) is 13.2 Å². The summed E-state index contributed by atoms with van der Waals surface area (Å²) in [6, 6.07) is 2.44. The Kier molecular flexibility index (Phi) is 5.23. The van der Waals surface area contributed by atoms with Crippen LogP contribution in [0.4, 0.5) is 5.69 Å². The third kappa shape index (κ3) is 3.94. The number of hydrogen-bond donors (Lipinski definition) is 3. The van der Waals surface area contributed by atoms with E-state index in [1.807, 2.05) is 0 Å². The van der Waals surface area contributed by atoms with Crippen molar-refractivity contribution in [1.82, 2.24) is 15.6 Å². The van der Waals surface area contributed by atoms with Gasteiger partial charge in [-0.05, 0) is 38.8 Å². The van der Waals surface area contributed by atoms with Gasteiger partial charge in [0.25, 0.3) is 5.88 Å². The SMILES string of the molecule is Nc1cc(OC[C@H]2CCCN2)c(OC[C@H]2CCCN2)nc1Cl. The van der Waals surface area contributed by atoms with Gasteiger partial charge in [-0.15, -0.1) is 0 Å². The minimum Gasteiger partial charge on any atom is -0.486 e. The van der Waals surface area contributed by atoms with E-state index < -0.39 is 0 Å². The molecule has 1 aromatic heterocycles. The molecular formula is C15H23ClN4O2. The molecule has 0 aliphatic carbocycles. The Morgan fingerprint density at radius 2 is 1.77 bits per heavy atom. The third-order valence-electron chi connectivity index (χ3n) is 4.12. The largest absolute Gasteiger partial charge is 0.486 e. The van der Waals surface area contributed by atoms with Crippen molar-refractivity contribution in [3.05, 3.63) is 11.2 Å². The highest BCUT2D eigenvalue weighted by Crippen LogP contribution is 2.32. The van der Waals surface area contributed by atoms with Crippen LogP contribution in [0.3, 0.4) is 0 Å². The number of rotatable bonds is 6. The Balaban J connectivity index is 1.64. The molecule has 6 nitrogen and oxygen atoms in total. The van der Waals surface area contributed by atoms with Crippen LogP contribution in [-0.2, 0) is 0 Å². The molecule has 2 fully saturated rings. The third-order valence-corrected chi connectivity index (χ3v) is 4.42. The van der Waals surface area contributed by atoms with Gasteiger partial charge in [-0.1, -0.05) is 11.6 Å². The summed E-state index contributed by atoms with van der Waals surface area (Å²) in [5.41, 5.74) is 6.24. The number of hydrogen-bond acceptors (Lipinski definition) is 6. The van der Waals surface area contributed by atoms with Crippen molar-refractivity contribution in [2.24, 2.45) is 0 Å². The monoisotopic (exact) mass is 326 g/mol. The number of nitrogen functional groups attached to an aromatic ring is 1. The van der Waals surface area contributed by atoms with Crippen molar-refractivity contribution < 1.29 is 9.47 Å². The molecule has 3 rings (SSSR count). The van der Waals surface area contributed by atoms with E-state index >= 15 is 0 Å². The summed E-state index contributed by atoms with van der Waals surface area (Å²) >= 11 is 6.01. The second kappa shape index (κ2) is 7.35. The van der Waals surface area contributed by atoms with Gasteiger partial charge in [-0.2, -0.15) is 4.98 Å². The van der Waals surface area contributed by atoms with E-state index in [1.54, 1.807) is 6.07 Å². The van der Waals surface area contributed by atoms with Crippen LogP contribution < -0.4 is 25.8 Å². The second-order valence-electron chi connectivity index (χ2n) is 5.88. The van der Waals surface area contributed by atoms with Gasteiger partial charge in [0.05, 0.1) is 5.69 Å². The van der Waals surface area contributed by atoms with Crippen LogP contribution in [-0.4, -0.2) is 43.4 Å². The molecule has 3 heterocycles. The standard InChI is InChI=1S/C15H23ClN4O2/c16-14-12(17)7-13(21-8-10-3-1-5-18-10)15(20-14)22-9-11-4-2-6-19-11/h7,10-11,18-19H,1-6,8-9,17H2/t10-,11-/m1/s1. The Morgan fingerprint density at radius 3 is 2.36 bits per heavy atom. The summed E-state index contributed by atoms with van der Waals surface area (Å²) in [5.74, 6) is 0.986. The molecule has 4 N–H and O–H groups in total. The van der Waals surface area contributed by atoms with Crippen LogP contribution in [0.5, 0.6) is 11.6 Å². The summed E-state index contributed by atoms with van der Waals surface area (Å²) in [5, 5.41) is 7.03. The predicted molar refractivity (Wildman–Crippen MR) is 86.7 cm³/mol. The first-order chi connectivity index (χ1) is 10.7. The van der Waals surface area contributed by atoms with Crippen LogP contribution in [0.25, 0.3) is 0 Å². The number of nitrogens with zero attached hydrogens (tertiary/aromatic N) is 1. The number of nitrogens with two attached hydrogens (primary N) is 1. The molecule has 122 valence electrons. The normalized spacial score (nSPS) is 24.6. The van der Waals surface area contributed by atoms with Crippen LogP contribution >= 0.6 is 11.6 Å². The van der Waals surface area contributed by atoms with Gasteiger partial charge >= 0.3 is 0 Å². The lowest BCUT2D eigenvalue weighted by Gasteiger charge is -2.17. The molecule has 7 heteroatoms. The summed E-state index contributed by atoms with van der Waals surface area (Å²) in [7, 11) is 0. The van der Waals surface area contributed by atoms with E-state index in [0.29, 0.717) is 42.6 Å². The van der Waals surface area contributed by atoms with E-state index in [4.69, 9.17) is 26.8 Å². The van der Waals surface area contributed by atoms with Crippen molar-refractivity contribution in [2.75, 3.05) is 32.0 Å². The van der Waals surface area contributed by atoms with Gasteiger partial charge in [-0.3, -0.25) is 0 Å². The highest BCUT2D eigenvalue weighted by atomic mass is 35.5. The molecule has 0 bridgehead atoms. The first-order valence-corrected chi connectivity index (χ1v) is 8.28. The van der Waals surface area contributed by atoms with E-state index in [9.17, 15) is 0 Å². The summed E-state index contributed by atoms with van der Waals surface area (Å²) < 4.78 is 11.7. The summed E-state index contributed by atoms with van der Waals surface area (Å²) in [6.07, 6.45) is 4.61. The zero-order chi connectivity index (χ0) is 15.4. The lowest BCUT2D eigenvalue weighted by Crippen LogP contribution is -2.29. The summed E-state index contributed by atoms with van der Waals surface area (Å²) in [6.45, 7) is 3.23. The Bertz CT molecular complexity index is 458. The van der Waals surface area contributed by atoms with Crippen molar-refractivity contribution >= 4 is 17.3 Å². The number of nitrogens with one attached hydrogen (secondary N) is 2. The highest BCUT2D eigenvalue weighted by Gasteiger charge is 2.19. The summed E-state index contributed by atoms with van der Waals surface area (Å²) in [4.78, 5) is 4.22. The molecule has 0 aromatic carbocycles. The second-order valence-corrected chi connectivity index (χ2v) is 6.24. The predicted octanol–water partition coefficient (Wildman–Crippen LogP) is 1.58. The first kappa shape index (κ1) is 15.6. The molecule has 0 unspecified atom stereocenters. The van der Waals surface area contributed by atoms with Gasteiger partial charge in [0.2, 0.25) is 0 Å². The topological polar surface area (TPSA) is 81.4 Å². The highest BCUT2D eigenvalue weighted by molar-refractivity contribution is 6.31. The fraction of sp³-hybridized carbons (Fsp3) is 0.667. The molecule has 2 saturated heterocycles. The van der Waals surface area contributed by atoms with E-state index in [0.717, 1.165) is 25.9 Å². The number of aromatic nitrogens is 1. The number of pyridine rings is 1. The quantitative estimate of drug-likeness (QED) is 0.689. The minimum atomic E-state index is 0.251. The van der Waals surface area contributed by atoms with Gasteiger partial charge in [0, 0.05) is 18.2 Å². The molecule has 2 aliphatic rings. The average molecular weight is 327 g/mol. The average Bonchev–Trinajstić information content (AvgIpc) is 3.19. The van der Waals surface area contributed by atoms with Gasteiger partial charge in [0.15, 0.2) is 10.9 Å². The number of ether oxygens (including phenoxy) is 2. The zero-order valence-corrected chi connectivity index (χ0v) is 13.4. The Hall–Kier alpha value is -1.24. The fourth-order valence-corrected chi connectivity index (χ4v) is 2.98.